The van der Waals surface area contributed by atoms with Crippen LogP contribution in [0.25, 0.3) is 17.5 Å². The molecular weight excluding hydrogens is 168 g/mol. The second-order valence-corrected chi connectivity index (χ2v) is 2.51. The third kappa shape index (κ3) is 1.31. The summed E-state index contributed by atoms with van der Waals surface area (Å²) in [6.45, 7) is 3.57. The van der Waals surface area contributed by atoms with E-state index in [1.54, 1.807) is 29.3 Å². The second-order valence-electron chi connectivity index (χ2n) is 2.51. The van der Waals surface area contributed by atoms with Crippen LogP contribution in [0.1, 0.15) is 0 Å². The van der Waals surface area contributed by atoms with Gasteiger partial charge in [-0.2, -0.15) is 5.10 Å². The van der Waals surface area contributed by atoms with Crippen molar-refractivity contribution < 1.29 is 4.52 Å². The molecule has 0 bridgehead atoms. The predicted molar refractivity (Wildman–Crippen MR) is 48.5 cm³/mol. The minimum atomic E-state index is 0.362. The molecule has 0 unspecified atom stereocenters. The number of nitrogen functional groups attached to an aromatic ring is 1. The lowest BCUT2D eigenvalue weighted by atomic mass is 10.3. The molecular formula is C8H8N4O. The topological polar surface area (TPSA) is 69.9 Å². The molecule has 0 aliphatic carbocycles. The highest BCUT2D eigenvalue weighted by Gasteiger charge is 2.05. The molecule has 13 heavy (non-hydrogen) atoms. The van der Waals surface area contributed by atoms with Gasteiger partial charge in [0.2, 0.25) is 0 Å². The van der Waals surface area contributed by atoms with Gasteiger partial charge >= 0.3 is 0 Å². The minimum absolute atomic E-state index is 0.362. The van der Waals surface area contributed by atoms with Crippen LogP contribution in [0.5, 0.6) is 0 Å². The van der Waals surface area contributed by atoms with Crippen LogP contribution < -0.4 is 5.73 Å². The number of aromatic nitrogens is 3. The maximum Gasteiger partial charge on any atom is 0.172 e. The third-order valence-corrected chi connectivity index (χ3v) is 1.60. The standard InChI is InChI=1S/C8H8N4O/c1-2-12-5-6(4-10-12)7-3-8(9)11-13-7/h2-5H,1H2,(H2,9,11). The van der Waals surface area contributed by atoms with E-state index in [1.165, 1.54) is 0 Å². The first-order valence-corrected chi connectivity index (χ1v) is 3.69. The molecule has 5 nitrogen and oxygen atoms in total. The van der Waals surface area contributed by atoms with Crippen molar-refractivity contribution in [1.82, 2.24) is 14.9 Å². The average Bonchev–Trinajstić information content (AvgIpc) is 2.71. The molecule has 0 saturated heterocycles. The van der Waals surface area contributed by atoms with Crippen molar-refractivity contribution in [3.05, 3.63) is 25.0 Å². The maximum absolute atomic E-state index is 5.40. The molecule has 0 spiro atoms. The van der Waals surface area contributed by atoms with E-state index in [4.69, 9.17) is 10.3 Å². The first-order chi connectivity index (χ1) is 6.29. The van der Waals surface area contributed by atoms with Crippen molar-refractivity contribution in [2.75, 3.05) is 5.73 Å². The zero-order valence-corrected chi connectivity index (χ0v) is 6.84. The summed E-state index contributed by atoms with van der Waals surface area (Å²) in [6, 6.07) is 1.64. The lowest BCUT2D eigenvalue weighted by molar-refractivity contribution is 0.436. The Balaban J connectivity index is 2.40. The molecule has 5 heteroatoms. The van der Waals surface area contributed by atoms with Gasteiger partial charge in [-0.25, -0.2) is 4.68 Å². The fourth-order valence-corrected chi connectivity index (χ4v) is 0.990. The summed E-state index contributed by atoms with van der Waals surface area (Å²) in [5.41, 5.74) is 6.23. The van der Waals surface area contributed by atoms with Crippen LogP contribution >= 0.6 is 0 Å². The fraction of sp³-hybridized carbons (Fsp3) is 0. The van der Waals surface area contributed by atoms with Gasteiger partial charge in [-0.15, -0.1) is 0 Å². The van der Waals surface area contributed by atoms with Gasteiger partial charge in [0.05, 0.1) is 11.8 Å². The summed E-state index contributed by atoms with van der Waals surface area (Å²) in [5, 5.41) is 7.56. The van der Waals surface area contributed by atoms with E-state index < -0.39 is 0 Å². The minimum Gasteiger partial charge on any atom is -0.381 e. The van der Waals surface area contributed by atoms with Crippen molar-refractivity contribution in [2.45, 2.75) is 0 Å². The molecule has 2 aromatic heterocycles. The monoisotopic (exact) mass is 176 g/mol. The number of hydrogen-bond donors (Lipinski definition) is 1. The van der Waals surface area contributed by atoms with E-state index in [0.29, 0.717) is 11.6 Å². The van der Waals surface area contributed by atoms with Gasteiger partial charge in [-0.1, -0.05) is 11.7 Å². The van der Waals surface area contributed by atoms with Gasteiger partial charge in [0.1, 0.15) is 0 Å². The maximum atomic E-state index is 5.40. The van der Waals surface area contributed by atoms with Gasteiger partial charge in [-0.05, 0) is 0 Å². The smallest absolute Gasteiger partial charge is 0.172 e. The zero-order valence-electron chi connectivity index (χ0n) is 6.84. The molecule has 2 N–H and O–H groups in total. The Morgan fingerprint density at radius 1 is 1.62 bits per heavy atom. The lowest BCUT2D eigenvalue weighted by Gasteiger charge is -1.85. The molecule has 0 aromatic carbocycles. The lowest BCUT2D eigenvalue weighted by Crippen LogP contribution is -1.81. The normalized spacial score (nSPS) is 10.2. The van der Waals surface area contributed by atoms with Crippen molar-refractivity contribution in [1.29, 1.82) is 0 Å². The summed E-state index contributed by atoms with van der Waals surface area (Å²) in [4.78, 5) is 0. The van der Waals surface area contributed by atoms with Crippen LogP contribution in [-0.2, 0) is 0 Å². The van der Waals surface area contributed by atoms with Gasteiger partial charge in [0.25, 0.3) is 0 Å². The number of anilines is 1. The van der Waals surface area contributed by atoms with E-state index >= 15 is 0 Å². The van der Waals surface area contributed by atoms with Crippen LogP contribution in [0, 0.1) is 0 Å². The Kier molecular flexibility index (Phi) is 1.63. The molecule has 2 aromatic rings. The van der Waals surface area contributed by atoms with Gasteiger partial charge in [0.15, 0.2) is 11.6 Å². The molecule has 2 heterocycles. The highest BCUT2D eigenvalue weighted by atomic mass is 16.5. The third-order valence-electron chi connectivity index (χ3n) is 1.60. The molecule has 0 amide bonds. The highest BCUT2D eigenvalue weighted by Crippen LogP contribution is 2.19. The molecule has 2 rings (SSSR count). The number of nitrogens with zero attached hydrogens (tertiary/aromatic N) is 3. The van der Waals surface area contributed by atoms with Crippen molar-refractivity contribution in [3.63, 3.8) is 0 Å². The average molecular weight is 176 g/mol. The Hall–Kier alpha value is -2.04. The molecule has 0 aliphatic rings. The van der Waals surface area contributed by atoms with Crippen molar-refractivity contribution in [3.8, 4) is 11.3 Å². The number of hydrogen-bond acceptors (Lipinski definition) is 4. The SMILES string of the molecule is C=Cn1cc(-c2cc(N)no2)cn1. The quantitative estimate of drug-likeness (QED) is 0.746. The highest BCUT2D eigenvalue weighted by molar-refractivity contribution is 5.58. The summed E-state index contributed by atoms with van der Waals surface area (Å²) in [5.74, 6) is 0.965. The van der Waals surface area contributed by atoms with E-state index in [9.17, 15) is 0 Å². The first kappa shape index (κ1) is 7.60. The Bertz CT molecular complexity index is 429. The van der Waals surface area contributed by atoms with E-state index in [1.807, 2.05) is 0 Å². The van der Waals surface area contributed by atoms with Gasteiger partial charge in [-0.3, -0.25) is 0 Å². The zero-order chi connectivity index (χ0) is 9.26. The number of nitrogens with two attached hydrogens (primary N) is 1. The van der Waals surface area contributed by atoms with Crippen LogP contribution in [0.2, 0.25) is 0 Å². The summed E-state index contributed by atoms with van der Waals surface area (Å²) in [6.07, 6.45) is 5.01. The summed E-state index contributed by atoms with van der Waals surface area (Å²) in [7, 11) is 0. The largest absolute Gasteiger partial charge is 0.381 e. The molecule has 0 fully saturated rings. The summed E-state index contributed by atoms with van der Waals surface area (Å²) < 4.78 is 6.52. The van der Waals surface area contributed by atoms with Crippen molar-refractivity contribution >= 4 is 12.0 Å². The first-order valence-electron chi connectivity index (χ1n) is 3.69. The van der Waals surface area contributed by atoms with Crippen LogP contribution in [-0.4, -0.2) is 14.9 Å². The van der Waals surface area contributed by atoms with E-state index in [2.05, 4.69) is 16.8 Å². The Morgan fingerprint density at radius 2 is 2.46 bits per heavy atom. The van der Waals surface area contributed by atoms with Gasteiger partial charge in [0, 0.05) is 18.5 Å². The summed E-state index contributed by atoms with van der Waals surface area (Å²) >= 11 is 0. The molecule has 0 radical (unpaired) electrons. The Labute approximate surface area is 74.4 Å². The molecule has 0 atom stereocenters. The van der Waals surface area contributed by atoms with Crippen molar-refractivity contribution in [2.24, 2.45) is 0 Å². The fourth-order valence-electron chi connectivity index (χ4n) is 0.990. The van der Waals surface area contributed by atoms with E-state index in [-0.39, 0.29) is 0 Å². The van der Waals surface area contributed by atoms with E-state index in [0.717, 1.165) is 5.56 Å². The van der Waals surface area contributed by atoms with Crippen LogP contribution in [0.15, 0.2) is 29.6 Å². The number of rotatable bonds is 2. The molecule has 0 aliphatic heterocycles. The Morgan fingerprint density at radius 3 is 3.00 bits per heavy atom. The second kappa shape index (κ2) is 2.78. The predicted octanol–water partition coefficient (Wildman–Crippen LogP) is 1.22. The molecule has 0 saturated carbocycles. The molecule has 66 valence electrons. The van der Waals surface area contributed by atoms with Crippen LogP contribution in [0.3, 0.4) is 0 Å². The van der Waals surface area contributed by atoms with Gasteiger partial charge < -0.3 is 10.3 Å². The van der Waals surface area contributed by atoms with Crippen LogP contribution in [0.4, 0.5) is 5.82 Å².